The van der Waals surface area contributed by atoms with Crippen LogP contribution in [-0.4, -0.2) is 17.2 Å². The molecule has 1 aliphatic carbocycles. The average Bonchev–Trinajstić information content (AvgIpc) is 2.41. The van der Waals surface area contributed by atoms with Gasteiger partial charge in [0.05, 0.1) is 0 Å². The Balaban J connectivity index is 2.83. The molecule has 1 aliphatic rings. The second kappa shape index (κ2) is 5.67. The number of hydrogen-bond acceptors (Lipinski definition) is 2. The minimum atomic E-state index is -1.51. The van der Waals surface area contributed by atoms with Crippen molar-refractivity contribution in [2.45, 2.75) is 6.42 Å². The van der Waals surface area contributed by atoms with Gasteiger partial charge in [0.1, 0.15) is 0 Å². The Labute approximate surface area is 107 Å². The fourth-order valence-corrected chi connectivity index (χ4v) is 2.08. The molecule has 0 atom stereocenters. The molecule has 1 aromatic carbocycles. The molecular weight excluding hydrogens is 223 g/mol. The summed E-state index contributed by atoms with van der Waals surface area (Å²) in [7, 11) is -1.51. The maximum atomic E-state index is 9.39. The summed E-state index contributed by atoms with van der Waals surface area (Å²) in [5, 5.41) is 20.6. The van der Waals surface area contributed by atoms with Crippen LogP contribution in [0.5, 0.6) is 0 Å². The van der Waals surface area contributed by atoms with Crippen molar-refractivity contribution < 1.29 is 10.0 Å². The highest BCUT2D eigenvalue weighted by atomic mass is 16.4. The van der Waals surface area contributed by atoms with Gasteiger partial charge in [0, 0.05) is 0 Å². The first kappa shape index (κ1) is 12.6. The van der Waals surface area contributed by atoms with Crippen molar-refractivity contribution >= 4 is 18.2 Å². The van der Waals surface area contributed by atoms with Gasteiger partial charge in [0.25, 0.3) is 0 Å². The summed E-state index contributed by atoms with van der Waals surface area (Å²) in [6.07, 6.45) is 10.5. The third-order valence-electron chi connectivity index (χ3n) is 2.96. The summed E-state index contributed by atoms with van der Waals surface area (Å²) in [5.41, 5.74) is 1.59. The minimum Gasteiger partial charge on any atom is -0.423 e. The Kier molecular flexibility index (Phi) is 3.97. The first-order valence-corrected chi connectivity index (χ1v) is 5.88. The minimum absolute atomic E-state index is 0.432. The predicted molar refractivity (Wildman–Crippen MR) is 75.8 cm³/mol. The molecule has 3 heteroatoms. The van der Waals surface area contributed by atoms with E-state index in [1.165, 1.54) is 6.08 Å². The molecule has 1 aromatic rings. The second-order valence-electron chi connectivity index (χ2n) is 4.10. The van der Waals surface area contributed by atoms with E-state index >= 15 is 0 Å². The highest BCUT2D eigenvalue weighted by Crippen LogP contribution is 2.08. The molecule has 90 valence electrons. The van der Waals surface area contributed by atoms with Gasteiger partial charge in [-0.2, -0.15) is 0 Å². The van der Waals surface area contributed by atoms with Crippen LogP contribution < -0.4 is 10.4 Å². The highest BCUT2D eigenvalue weighted by molar-refractivity contribution is 6.64. The van der Waals surface area contributed by atoms with Crippen LogP contribution in [0.3, 0.4) is 0 Å². The zero-order valence-corrected chi connectivity index (χ0v) is 10.1. The Morgan fingerprint density at radius 1 is 1.22 bits per heavy atom. The topological polar surface area (TPSA) is 40.5 Å². The van der Waals surface area contributed by atoms with Crippen molar-refractivity contribution in [3.05, 3.63) is 71.7 Å². The van der Waals surface area contributed by atoms with E-state index < -0.39 is 7.12 Å². The standard InChI is InChI=1S/C15H15BO2/c1-2-15(16(17)18)14-11-7-6-10-13(14)12-8-4-3-5-9-12/h2-8,10-11,17-18H,1,9H2/b13-12-,15-14+. The van der Waals surface area contributed by atoms with E-state index in [-0.39, 0.29) is 0 Å². The average molecular weight is 238 g/mol. The Hall–Kier alpha value is -1.84. The van der Waals surface area contributed by atoms with Crippen molar-refractivity contribution in [1.82, 2.24) is 0 Å². The lowest BCUT2D eigenvalue weighted by molar-refractivity contribution is 0.427. The molecule has 0 aliphatic heterocycles. The van der Waals surface area contributed by atoms with Crippen molar-refractivity contribution in [3.63, 3.8) is 0 Å². The number of benzene rings is 1. The Morgan fingerprint density at radius 2 is 2.00 bits per heavy atom. The smallest absolute Gasteiger partial charge is 0.423 e. The molecular formula is C15H15BO2. The van der Waals surface area contributed by atoms with E-state index in [0.717, 1.165) is 22.4 Å². The fraction of sp³-hybridized carbons (Fsp3) is 0.0667. The number of hydrogen-bond donors (Lipinski definition) is 2. The molecule has 0 unspecified atom stereocenters. The third kappa shape index (κ3) is 2.53. The third-order valence-corrected chi connectivity index (χ3v) is 2.96. The van der Waals surface area contributed by atoms with Crippen LogP contribution in [0.2, 0.25) is 0 Å². The lowest BCUT2D eigenvalue weighted by Crippen LogP contribution is -2.33. The summed E-state index contributed by atoms with van der Waals surface area (Å²) in [4.78, 5) is 0. The lowest BCUT2D eigenvalue weighted by atomic mass is 9.77. The SMILES string of the molecule is C=C/C(B(O)O)=c1/cccc/c1=C1\C=CC=CC1. The van der Waals surface area contributed by atoms with Gasteiger partial charge in [0.15, 0.2) is 0 Å². The van der Waals surface area contributed by atoms with Gasteiger partial charge in [-0.1, -0.05) is 61.2 Å². The molecule has 0 saturated heterocycles. The van der Waals surface area contributed by atoms with Crippen LogP contribution >= 0.6 is 0 Å². The highest BCUT2D eigenvalue weighted by Gasteiger charge is 2.12. The van der Waals surface area contributed by atoms with E-state index in [1.807, 2.05) is 42.5 Å². The van der Waals surface area contributed by atoms with Gasteiger partial charge >= 0.3 is 7.12 Å². The molecule has 0 saturated carbocycles. The molecule has 18 heavy (non-hydrogen) atoms. The quantitative estimate of drug-likeness (QED) is 0.744. The molecule has 0 radical (unpaired) electrons. The summed E-state index contributed by atoms with van der Waals surface area (Å²) < 4.78 is 0. The summed E-state index contributed by atoms with van der Waals surface area (Å²) >= 11 is 0. The molecule has 0 spiro atoms. The van der Waals surface area contributed by atoms with Crippen LogP contribution in [0, 0.1) is 0 Å². The van der Waals surface area contributed by atoms with Gasteiger partial charge in [-0.25, -0.2) is 0 Å². The molecule has 2 rings (SSSR count). The van der Waals surface area contributed by atoms with Gasteiger partial charge in [-0.3, -0.25) is 0 Å². The molecule has 0 aromatic heterocycles. The van der Waals surface area contributed by atoms with Crippen LogP contribution in [-0.2, 0) is 0 Å². The molecule has 0 bridgehead atoms. The normalized spacial score (nSPS) is 18.6. The Morgan fingerprint density at radius 3 is 2.61 bits per heavy atom. The summed E-state index contributed by atoms with van der Waals surface area (Å²) in [5.74, 6) is 0. The predicted octanol–water partition coefficient (Wildman–Crippen LogP) is 0.702. The van der Waals surface area contributed by atoms with Gasteiger partial charge in [-0.05, 0) is 27.9 Å². The van der Waals surface area contributed by atoms with Gasteiger partial charge < -0.3 is 10.0 Å². The maximum absolute atomic E-state index is 9.39. The first-order chi connectivity index (χ1) is 8.74. The molecule has 2 nitrogen and oxygen atoms in total. The largest absolute Gasteiger partial charge is 0.489 e. The van der Waals surface area contributed by atoms with E-state index in [2.05, 4.69) is 12.7 Å². The molecule has 0 amide bonds. The van der Waals surface area contributed by atoms with Crippen LogP contribution in [0.15, 0.2) is 61.2 Å². The Bertz CT molecular complexity index is 624. The molecule has 0 heterocycles. The van der Waals surface area contributed by atoms with Crippen molar-refractivity contribution in [1.29, 1.82) is 0 Å². The first-order valence-electron chi connectivity index (χ1n) is 5.88. The molecule has 2 N–H and O–H groups in total. The summed E-state index contributed by atoms with van der Waals surface area (Å²) in [6.45, 7) is 3.65. The van der Waals surface area contributed by atoms with Gasteiger partial charge in [-0.15, -0.1) is 0 Å². The van der Waals surface area contributed by atoms with Crippen molar-refractivity contribution in [3.8, 4) is 0 Å². The zero-order chi connectivity index (χ0) is 13.0. The number of allylic oxidation sites excluding steroid dienone is 5. The van der Waals surface area contributed by atoms with E-state index in [4.69, 9.17) is 0 Å². The van der Waals surface area contributed by atoms with E-state index in [0.29, 0.717) is 5.47 Å². The van der Waals surface area contributed by atoms with Crippen LogP contribution in [0.25, 0.3) is 11.0 Å². The molecule has 0 fully saturated rings. The number of rotatable bonds is 2. The van der Waals surface area contributed by atoms with Crippen molar-refractivity contribution in [2.24, 2.45) is 0 Å². The monoisotopic (exact) mass is 238 g/mol. The van der Waals surface area contributed by atoms with Crippen molar-refractivity contribution in [2.75, 3.05) is 0 Å². The zero-order valence-electron chi connectivity index (χ0n) is 10.1. The summed E-state index contributed by atoms with van der Waals surface area (Å²) in [6, 6.07) is 7.70. The second-order valence-corrected chi connectivity index (χ2v) is 4.10. The van der Waals surface area contributed by atoms with Gasteiger partial charge in [0.2, 0.25) is 0 Å². The van der Waals surface area contributed by atoms with E-state index in [1.54, 1.807) is 0 Å². The fourth-order valence-electron chi connectivity index (χ4n) is 2.08. The van der Waals surface area contributed by atoms with Crippen LogP contribution in [0.4, 0.5) is 0 Å². The van der Waals surface area contributed by atoms with E-state index in [9.17, 15) is 10.0 Å². The lowest BCUT2D eigenvalue weighted by Gasteiger charge is -2.05. The van der Waals surface area contributed by atoms with Crippen LogP contribution in [0.1, 0.15) is 6.42 Å². The maximum Gasteiger partial charge on any atom is 0.489 e.